The molecule has 3 rings (SSSR count). The summed E-state index contributed by atoms with van der Waals surface area (Å²) in [6, 6.07) is 8.32. The summed E-state index contributed by atoms with van der Waals surface area (Å²) in [7, 11) is 0. The number of nitrogens with one attached hydrogen (secondary N) is 1. The number of anilines is 1. The number of rotatable bonds is 4. The van der Waals surface area contributed by atoms with E-state index in [-0.39, 0.29) is 0 Å². The lowest BCUT2D eigenvalue weighted by atomic mass is 10.1. The van der Waals surface area contributed by atoms with Crippen molar-refractivity contribution < 1.29 is 4.52 Å². The molecule has 0 saturated carbocycles. The molecule has 0 saturated heterocycles. The fourth-order valence-electron chi connectivity index (χ4n) is 2.25. The van der Waals surface area contributed by atoms with Crippen LogP contribution >= 0.6 is 58.0 Å². The topological polar surface area (TPSA) is 50.4 Å². The van der Waals surface area contributed by atoms with Crippen LogP contribution in [0.15, 0.2) is 40.0 Å². The van der Waals surface area contributed by atoms with E-state index in [4.69, 9.17) is 62.5 Å². The van der Waals surface area contributed by atoms with Crippen molar-refractivity contribution in [3.63, 3.8) is 0 Å². The average molecular weight is 450 g/mol. The summed E-state index contributed by atoms with van der Waals surface area (Å²) >= 11 is 30.7. The van der Waals surface area contributed by atoms with Gasteiger partial charge in [-0.05, 0) is 31.2 Å². The third-order valence-corrected chi connectivity index (χ3v) is 4.93. The molecule has 1 heterocycles. The van der Waals surface area contributed by atoms with Crippen molar-refractivity contribution in [3.05, 3.63) is 66.8 Å². The molecule has 9 heteroatoms. The molecule has 0 amide bonds. The van der Waals surface area contributed by atoms with Crippen LogP contribution in [0.25, 0.3) is 11.3 Å². The van der Waals surface area contributed by atoms with E-state index in [1.807, 2.05) is 0 Å². The lowest BCUT2D eigenvalue weighted by Crippen LogP contribution is -1.95. The Balaban J connectivity index is 1.95. The van der Waals surface area contributed by atoms with E-state index >= 15 is 0 Å². The van der Waals surface area contributed by atoms with E-state index in [0.29, 0.717) is 53.4 Å². The van der Waals surface area contributed by atoms with Gasteiger partial charge in [-0.3, -0.25) is 5.43 Å². The van der Waals surface area contributed by atoms with Crippen molar-refractivity contribution in [1.29, 1.82) is 0 Å². The molecule has 0 atom stereocenters. The Morgan fingerprint density at radius 3 is 2.23 bits per heavy atom. The first kappa shape index (κ1) is 19.3. The second-order valence-electron chi connectivity index (χ2n) is 5.21. The number of nitrogens with zero attached hydrogens (tertiary/aromatic N) is 2. The summed E-state index contributed by atoms with van der Waals surface area (Å²) in [5.74, 6) is 0.551. The molecule has 0 unspecified atom stereocenters. The average Bonchev–Trinajstić information content (AvgIpc) is 2.91. The molecule has 4 nitrogen and oxygen atoms in total. The molecule has 26 heavy (non-hydrogen) atoms. The number of aryl methyl sites for hydroxylation is 1. The molecule has 0 aliphatic heterocycles. The standard InChI is InChI=1S/C17H10Cl5N3O/c1-8-10(7-23-24-17-13(21)5-9(18)6-14(17)22)16(25-26-8)15-11(19)3-2-4-12(15)20/h2-7,24H,1H3. The van der Waals surface area contributed by atoms with Gasteiger partial charge in [0, 0.05) is 10.6 Å². The van der Waals surface area contributed by atoms with Gasteiger partial charge in [-0.25, -0.2) is 0 Å². The molecule has 0 fully saturated rings. The van der Waals surface area contributed by atoms with Gasteiger partial charge in [0.05, 0.1) is 37.6 Å². The van der Waals surface area contributed by atoms with Crippen LogP contribution in [-0.2, 0) is 0 Å². The second kappa shape index (κ2) is 8.07. The monoisotopic (exact) mass is 447 g/mol. The largest absolute Gasteiger partial charge is 0.360 e. The van der Waals surface area contributed by atoms with E-state index in [0.717, 1.165) is 0 Å². The number of benzene rings is 2. The minimum Gasteiger partial charge on any atom is -0.360 e. The SMILES string of the molecule is Cc1onc(-c2c(Cl)cccc2Cl)c1C=NNc1c(Cl)cc(Cl)cc1Cl. The Kier molecular flexibility index (Phi) is 6.00. The van der Waals surface area contributed by atoms with Crippen LogP contribution in [0.5, 0.6) is 0 Å². The molecule has 134 valence electrons. The molecule has 0 radical (unpaired) electrons. The summed E-state index contributed by atoms with van der Waals surface area (Å²) in [5.41, 5.74) is 4.89. The number of hydrogen-bond acceptors (Lipinski definition) is 4. The van der Waals surface area contributed by atoms with E-state index in [2.05, 4.69) is 15.7 Å². The molecule has 1 N–H and O–H groups in total. The van der Waals surface area contributed by atoms with Gasteiger partial charge in [0.1, 0.15) is 11.5 Å². The Labute approximate surface area is 174 Å². The molecule has 0 aliphatic rings. The van der Waals surface area contributed by atoms with Crippen LogP contribution in [0.1, 0.15) is 11.3 Å². The van der Waals surface area contributed by atoms with Gasteiger partial charge in [0.2, 0.25) is 0 Å². The normalized spacial score (nSPS) is 11.3. The van der Waals surface area contributed by atoms with Gasteiger partial charge in [-0.15, -0.1) is 0 Å². The first-order valence-corrected chi connectivity index (χ1v) is 9.11. The van der Waals surface area contributed by atoms with Gasteiger partial charge < -0.3 is 4.52 Å². The quantitative estimate of drug-likeness (QED) is 0.334. The molecular weight excluding hydrogens is 439 g/mol. The molecule has 0 spiro atoms. The van der Waals surface area contributed by atoms with Crippen LogP contribution in [0.4, 0.5) is 5.69 Å². The predicted octanol–water partition coefficient (Wildman–Crippen LogP) is 7.36. The molecule has 0 aliphatic carbocycles. The molecule has 1 aromatic heterocycles. The van der Waals surface area contributed by atoms with E-state index < -0.39 is 0 Å². The maximum atomic E-state index is 6.26. The lowest BCUT2D eigenvalue weighted by molar-refractivity contribution is 0.399. The number of halogens is 5. The summed E-state index contributed by atoms with van der Waals surface area (Å²) in [5, 5.41) is 10.2. The predicted molar refractivity (Wildman–Crippen MR) is 109 cm³/mol. The van der Waals surface area contributed by atoms with Crippen molar-refractivity contribution in [2.45, 2.75) is 6.92 Å². The van der Waals surface area contributed by atoms with Gasteiger partial charge in [-0.1, -0.05) is 69.2 Å². The Morgan fingerprint density at radius 1 is 1.00 bits per heavy atom. The molecule has 3 aromatic rings. The molecule has 2 aromatic carbocycles. The third kappa shape index (κ3) is 3.95. The van der Waals surface area contributed by atoms with Crippen LogP contribution in [0, 0.1) is 6.92 Å². The Bertz CT molecular complexity index is 957. The zero-order valence-electron chi connectivity index (χ0n) is 13.2. The fraction of sp³-hybridized carbons (Fsp3) is 0.0588. The summed E-state index contributed by atoms with van der Waals surface area (Å²) < 4.78 is 5.27. The van der Waals surface area contributed by atoms with Crippen LogP contribution in [-0.4, -0.2) is 11.4 Å². The number of hydrazone groups is 1. The van der Waals surface area contributed by atoms with Gasteiger partial charge >= 0.3 is 0 Å². The van der Waals surface area contributed by atoms with Crippen LogP contribution < -0.4 is 5.43 Å². The van der Waals surface area contributed by atoms with Gasteiger partial charge in [0.15, 0.2) is 0 Å². The number of aromatic nitrogens is 1. The van der Waals surface area contributed by atoms with Crippen LogP contribution in [0.2, 0.25) is 25.1 Å². The fourth-order valence-corrected chi connectivity index (χ4v) is 3.72. The summed E-state index contributed by atoms with van der Waals surface area (Å²) in [6.45, 7) is 1.75. The smallest absolute Gasteiger partial charge is 0.143 e. The maximum Gasteiger partial charge on any atom is 0.143 e. The highest BCUT2D eigenvalue weighted by Crippen LogP contribution is 2.36. The highest BCUT2D eigenvalue weighted by atomic mass is 35.5. The van der Waals surface area contributed by atoms with Gasteiger partial charge in [-0.2, -0.15) is 5.10 Å². The Morgan fingerprint density at radius 2 is 1.62 bits per heavy atom. The Hall–Kier alpha value is -1.43. The second-order valence-corrected chi connectivity index (χ2v) is 7.28. The maximum absolute atomic E-state index is 6.26. The number of hydrogen-bond donors (Lipinski definition) is 1. The minimum atomic E-state index is 0.344. The summed E-state index contributed by atoms with van der Waals surface area (Å²) in [6.07, 6.45) is 1.53. The third-order valence-electron chi connectivity index (χ3n) is 3.48. The van der Waals surface area contributed by atoms with Crippen molar-refractivity contribution in [2.24, 2.45) is 5.10 Å². The van der Waals surface area contributed by atoms with E-state index in [9.17, 15) is 0 Å². The van der Waals surface area contributed by atoms with E-state index in [1.165, 1.54) is 6.21 Å². The first-order chi connectivity index (χ1) is 12.4. The van der Waals surface area contributed by atoms with Crippen molar-refractivity contribution in [1.82, 2.24) is 5.16 Å². The first-order valence-electron chi connectivity index (χ1n) is 7.22. The highest BCUT2D eigenvalue weighted by molar-refractivity contribution is 6.42. The zero-order valence-corrected chi connectivity index (χ0v) is 16.9. The zero-order chi connectivity index (χ0) is 18.8. The van der Waals surface area contributed by atoms with Crippen molar-refractivity contribution >= 4 is 69.9 Å². The van der Waals surface area contributed by atoms with Crippen molar-refractivity contribution in [3.8, 4) is 11.3 Å². The van der Waals surface area contributed by atoms with Crippen LogP contribution in [0.3, 0.4) is 0 Å². The van der Waals surface area contributed by atoms with E-state index in [1.54, 1.807) is 37.3 Å². The van der Waals surface area contributed by atoms with Gasteiger partial charge in [0.25, 0.3) is 0 Å². The molecular formula is C17H10Cl5N3O. The van der Waals surface area contributed by atoms with Crippen molar-refractivity contribution in [2.75, 3.05) is 5.43 Å². The highest BCUT2D eigenvalue weighted by Gasteiger charge is 2.18. The minimum absolute atomic E-state index is 0.344. The lowest BCUT2D eigenvalue weighted by Gasteiger charge is -2.07. The molecule has 0 bridgehead atoms. The summed E-state index contributed by atoms with van der Waals surface area (Å²) in [4.78, 5) is 0.